The quantitative estimate of drug-likeness (QED) is 0.697. The second-order valence-electron chi connectivity index (χ2n) is 4.62. The van der Waals surface area contributed by atoms with Crippen LogP contribution >= 0.6 is 11.6 Å². The predicted octanol–water partition coefficient (Wildman–Crippen LogP) is 1.89. The van der Waals surface area contributed by atoms with Gasteiger partial charge in [0.25, 0.3) is 0 Å². The van der Waals surface area contributed by atoms with E-state index < -0.39 is 0 Å². The number of rotatable bonds is 3. The van der Waals surface area contributed by atoms with E-state index in [0.717, 1.165) is 6.42 Å². The first-order chi connectivity index (χ1) is 7.03. The summed E-state index contributed by atoms with van der Waals surface area (Å²) >= 11 is 5.84. The van der Waals surface area contributed by atoms with Crippen molar-refractivity contribution >= 4 is 17.5 Å². The van der Waals surface area contributed by atoms with Gasteiger partial charge in [-0.25, -0.2) is 0 Å². The maximum atomic E-state index is 12.2. The summed E-state index contributed by atoms with van der Waals surface area (Å²) in [6.07, 6.45) is 0.845. The van der Waals surface area contributed by atoms with Crippen molar-refractivity contribution in [3.05, 3.63) is 0 Å². The molecule has 88 valence electrons. The standard InChI is InChI=1S/C11H20ClNO2/c1-4-11(2,3)10(14)13-5-6-15-8-9(13)7-12/h9H,4-8H2,1-3H3. The van der Waals surface area contributed by atoms with Crippen LogP contribution in [0.3, 0.4) is 0 Å². The summed E-state index contributed by atoms with van der Waals surface area (Å²) in [6.45, 7) is 7.85. The molecule has 4 heteroatoms. The van der Waals surface area contributed by atoms with Gasteiger partial charge in [-0.3, -0.25) is 4.79 Å². The van der Waals surface area contributed by atoms with Crippen molar-refractivity contribution < 1.29 is 9.53 Å². The molecule has 0 aromatic heterocycles. The van der Waals surface area contributed by atoms with E-state index in [-0.39, 0.29) is 17.4 Å². The highest BCUT2D eigenvalue weighted by atomic mass is 35.5. The fourth-order valence-electron chi connectivity index (χ4n) is 1.59. The first kappa shape index (κ1) is 12.8. The van der Waals surface area contributed by atoms with Crippen LogP contribution in [0.2, 0.25) is 0 Å². The SMILES string of the molecule is CCC(C)(C)C(=O)N1CCOCC1CCl. The molecule has 1 saturated heterocycles. The number of halogens is 1. The van der Waals surface area contributed by atoms with Gasteiger partial charge in [0, 0.05) is 17.8 Å². The van der Waals surface area contributed by atoms with E-state index in [1.807, 2.05) is 25.7 Å². The Morgan fingerprint density at radius 2 is 2.27 bits per heavy atom. The van der Waals surface area contributed by atoms with Crippen molar-refractivity contribution in [1.82, 2.24) is 4.90 Å². The second kappa shape index (κ2) is 5.17. The van der Waals surface area contributed by atoms with Crippen molar-refractivity contribution in [3.63, 3.8) is 0 Å². The van der Waals surface area contributed by atoms with Crippen molar-refractivity contribution in [2.24, 2.45) is 5.41 Å². The smallest absolute Gasteiger partial charge is 0.228 e. The Bertz CT molecular complexity index is 231. The molecule has 0 aromatic rings. The summed E-state index contributed by atoms with van der Waals surface area (Å²) < 4.78 is 5.32. The fraction of sp³-hybridized carbons (Fsp3) is 0.909. The van der Waals surface area contributed by atoms with Gasteiger partial charge in [0.2, 0.25) is 5.91 Å². The molecule has 0 N–H and O–H groups in total. The monoisotopic (exact) mass is 233 g/mol. The lowest BCUT2D eigenvalue weighted by atomic mass is 9.88. The van der Waals surface area contributed by atoms with Gasteiger partial charge in [-0.2, -0.15) is 0 Å². The highest BCUT2D eigenvalue weighted by Crippen LogP contribution is 2.25. The number of carbonyl (C=O) groups is 1. The molecule has 15 heavy (non-hydrogen) atoms. The van der Waals surface area contributed by atoms with Crippen molar-refractivity contribution in [3.8, 4) is 0 Å². The molecule has 1 amide bonds. The Labute approximate surface area is 96.7 Å². The molecule has 1 rings (SSSR count). The van der Waals surface area contributed by atoms with Crippen LogP contribution in [0.5, 0.6) is 0 Å². The fourth-order valence-corrected chi connectivity index (χ4v) is 1.85. The zero-order chi connectivity index (χ0) is 11.5. The topological polar surface area (TPSA) is 29.5 Å². The highest BCUT2D eigenvalue weighted by Gasteiger charge is 2.35. The maximum Gasteiger partial charge on any atom is 0.228 e. The lowest BCUT2D eigenvalue weighted by molar-refractivity contribution is -0.148. The van der Waals surface area contributed by atoms with E-state index >= 15 is 0 Å². The van der Waals surface area contributed by atoms with Crippen molar-refractivity contribution in [1.29, 1.82) is 0 Å². The predicted molar refractivity (Wildman–Crippen MR) is 61.1 cm³/mol. The van der Waals surface area contributed by atoms with Crippen LogP contribution in [0.15, 0.2) is 0 Å². The average molecular weight is 234 g/mol. The lowest BCUT2D eigenvalue weighted by Crippen LogP contribution is -2.53. The maximum absolute atomic E-state index is 12.2. The molecule has 0 spiro atoms. The van der Waals surface area contributed by atoms with Crippen molar-refractivity contribution in [2.45, 2.75) is 33.2 Å². The number of carbonyl (C=O) groups excluding carboxylic acids is 1. The Morgan fingerprint density at radius 1 is 1.60 bits per heavy atom. The highest BCUT2D eigenvalue weighted by molar-refractivity contribution is 6.18. The molecule has 0 saturated carbocycles. The normalized spacial score (nSPS) is 22.9. The third-order valence-corrected chi connectivity index (χ3v) is 3.49. The van der Waals surface area contributed by atoms with Crippen LogP contribution in [-0.2, 0) is 9.53 Å². The van der Waals surface area contributed by atoms with Gasteiger partial charge in [0.15, 0.2) is 0 Å². The van der Waals surface area contributed by atoms with Crippen LogP contribution in [0, 0.1) is 5.41 Å². The first-order valence-corrected chi connectivity index (χ1v) is 6.01. The lowest BCUT2D eigenvalue weighted by Gasteiger charge is -2.39. The Hall–Kier alpha value is -0.280. The molecule has 0 aliphatic carbocycles. The molecule has 1 aliphatic rings. The van der Waals surface area contributed by atoms with E-state index in [1.165, 1.54) is 0 Å². The Kier molecular flexibility index (Phi) is 4.41. The zero-order valence-electron chi connectivity index (χ0n) is 9.75. The molecule has 0 bridgehead atoms. The summed E-state index contributed by atoms with van der Waals surface area (Å²) in [5.41, 5.74) is -0.290. The van der Waals surface area contributed by atoms with Gasteiger partial charge in [-0.15, -0.1) is 11.6 Å². The molecule has 1 aliphatic heterocycles. The second-order valence-corrected chi connectivity index (χ2v) is 4.93. The molecule has 0 radical (unpaired) electrons. The molecule has 1 unspecified atom stereocenters. The minimum atomic E-state index is -0.290. The third kappa shape index (κ3) is 2.85. The summed E-state index contributed by atoms with van der Waals surface area (Å²) in [4.78, 5) is 14.1. The summed E-state index contributed by atoms with van der Waals surface area (Å²) in [5.74, 6) is 0.643. The largest absolute Gasteiger partial charge is 0.377 e. The molecular weight excluding hydrogens is 214 g/mol. The average Bonchev–Trinajstić information content (AvgIpc) is 2.28. The summed E-state index contributed by atoms with van der Waals surface area (Å²) in [7, 11) is 0. The van der Waals surface area contributed by atoms with E-state index in [4.69, 9.17) is 16.3 Å². The molecule has 1 heterocycles. The molecule has 3 nitrogen and oxygen atoms in total. The van der Waals surface area contributed by atoms with Gasteiger partial charge in [-0.1, -0.05) is 20.8 Å². The molecule has 0 aromatic carbocycles. The van der Waals surface area contributed by atoms with Crippen LogP contribution in [-0.4, -0.2) is 42.5 Å². The van der Waals surface area contributed by atoms with Crippen LogP contribution in [0.4, 0.5) is 0 Å². The number of amides is 1. The van der Waals surface area contributed by atoms with E-state index in [1.54, 1.807) is 0 Å². The summed E-state index contributed by atoms with van der Waals surface area (Å²) in [6, 6.07) is 0.0405. The molecular formula is C11H20ClNO2. The minimum absolute atomic E-state index is 0.0405. The van der Waals surface area contributed by atoms with Gasteiger partial charge in [-0.05, 0) is 6.42 Å². The van der Waals surface area contributed by atoms with Crippen LogP contribution < -0.4 is 0 Å². The Morgan fingerprint density at radius 3 is 2.80 bits per heavy atom. The number of morpholine rings is 1. The van der Waals surface area contributed by atoms with Crippen molar-refractivity contribution in [2.75, 3.05) is 25.6 Å². The number of nitrogens with zero attached hydrogens (tertiary/aromatic N) is 1. The number of alkyl halides is 1. The Balaban J connectivity index is 2.72. The first-order valence-electron chi connectivity index (χ1n) is 5.47. The van der Waals surface area contributed by atoms with Gasteiger partial charge in [0.1, 0.15) is 0 Å². The summed E-state index contributed by atoms with van der Waals surface area (Å²) in [5, 5.41) is 0. The molecule has 1 fully saturated rings. The third-order valence-electron chi connectivity index (χ3n) is 3.13. The zero-order valence-corrected chi connectivity index (χ0v) is 10.5. The van der Waals surface area contributed by atoms with Gasteiger partial charge < -0.3 is 9.64 Å². The van der Waals surface area contributed by atoms with Crippen LogP contribution in [0.1, 0.15) is 27.2 Å². The van der Waals surface area contributed by atoms with E-state index in [0.29, 0.717) is 25.6 Å². The molecule has 1 atom stereocenters. The number of hydrogen-bond acceptors (Lipinski definition) is 2. The van der Waals surface area contributed by atoms with E-state index in [2.05, 4.69) is 0 Å². The van der Waals surface area contributed by atoms with Crippen LogP contribution in [0.25, 0.3) is 0 Å². The van der Waals surface area contributed by atoms with Gasteiger partial charge in [0.05, 0.1) is 19.3 Å². The van der Waals surface area contributed by atoms with E-state index in [9.17, 15) is 4.79 Å². The number of hydrogen-bond donors (Lipinski definition) is 0. The number of ether oxygens (including phenoxy) is 1. The minimum Gasteiger partial charge on any atom is -0.377 e. The van der Waals surface area contributed by atoms with Gasteiger partial charge >= 0.3 is 0 Å².